The molecular formula is C31H32O5S. The number of fused-ring (bicyclic) bond motifs is 4. The molecule has 192 valence electrons. The molecule has 1 saturated heterocycles. The lowest BCUT2D eigenvalue weighted by molar-refractivity contribution is -0.317. The molecule has 2 aliphatic heterocycles. The fourth-order valence-corrected chi connectivity index (χ4v) is 6.92. The summed E-state index contributed by atoms with van der Waals surface area (Å²) in [6.45, 7) is 2.16. The van der Waals surface area contributed by atoms with Gasteiger partial charge in [-0.3, -0.25) is 0 Å². The zero-order valence-electron chi connectivity index (χ0n) is 20.8. The van der Waals surface area contributed by atoms with Gasteiger partial charge in [0.15, 0.2) is 0 Å². The maximum absolute atomic E-state index is 9.96. The van der Waals surface area contributed by atoms with Gasteiger partial charge in [-0.05, 0) is 34.1 Å². The highest BCUT2D eigenvalue weighted by molar-refractivity contribution is 7.19. The molecule has 3 aromatic carbocycles. The first kappa shape index (κ1) is 24.7. The Morgan fingerprint density at radius 3 is 2.43 bits per heavy atom. The van der Waals surface area contributed by atoms with Crippen LogP contribution >= 0.6 is 11.3 Å². The Labute approximate surface area is 221 Å². The first-order chi connectivity index (χ1) is 18.2. The zero-order valence-corrected chi connectivity index (χ0v) is 21.6. The maximum atomic E-state index is 9.96. The molecule has 37 heavy (non-hydrogen) atoms. The minimum absolute atomic E-state index is 0.0181. The van der Waals surface area contributed by atoms with E-state index in [1.807, 2.05) is 48.5 Å². The molecule has 0 aliphatic carbocycles. The van der Waals surface area contributed by atoms with Gasteiger partial charge in [0.2, 0.25) is 5.79 Å². The molecule has 3 unspecified atom stereocenters. The highest BCUT2D eigenvalue weighted by atomic mass is 32.1. The van der Waals surface area contributed by atoms with E-state index >= 15 is 0 Å². The highest BCUT2D eigenvalue weighted by Crippen LogP contribution is 2.50. The third-order valence-corrected chi connectivity index (χ3v) is 8.67. The second kappa shape index (κ2) is 11.0. The van der Waals surface area contributed by atoms with Gasteiger partial charge in [-0.2, -0.15) is 0 Å². The van der Waals surface area contributed by atoms with E-state index < -0.39 is 5.79 Å². The van der Waals surface area contributed by atoms with E-state index in [0.29, 0.717) is 32.8 Å². The lowest BCUT2D eigenvalue weighted by atomic mass is 9.91. The molecule has 6 rings (SSSR count). The van der Waals surface area contributed by atoms with Gasteiger partial charge in [0.1, 0.15) is 0 Å². The first-order valence-electron chi connectivity index (χ1n) is 13.0. The Morgan fingerprint density at radius 2 is 1.68 bits per heavy atom. The second-order valence-electron chi connectivity index (χ2n) is 9.81. The van der Waals surface area contributed by atoms with Crippen LogP contribution in [-0.2, 0) is 51.0 Å². The van der Waals surface area contributed by atoms with Crippen molar-refractivity contribution >= 4 is 21.4 Å². The van der Waals surface area contributed by atoms with Crippen LogP contribution in [-0.4, -0.2) is 30.5 Å². The number of rotatable bonds is 8. The second-order valence-corrected chi connectivity index (χ2v) is 10.8. The van der Waals surface area contributed by atoms with Gasteiger partial charge in [-0.25, -0.2) is 0 Å². The molecule has 0 bridgehead atoms. The van der Waals surface area contributed by atoms with Crippen molar-refractivity contribution in [3.05, 3.63) is 106 Å². The number of ether oxygens (including phenoxy) is 4. The van der Waals surface area contributed by atoms with Crippen LogP contribution in [0.4, 0.5) is 0 Å². The molecular weight excluding hydrogens is 484 g/mol. The van der Waals surface area contributed by atoms with E-state index in [0.717, 1.165) is 39.1 Å². The smallest absolute Gasteiger partial charge is 0.207 e. The average molecular weight is 517 g/mol. The molecule has 1 fully saturated rings. The zero-order chi connectivity index (χ0) is 25.1. The Hall–Kier alpha value is -2.58. The lowest BCUT2D eigenvalue weighted by Crippen LogP contribution is -2.49. The van der Waals surface area contributed by atoms with Gasteiger partial charge < -0.3 is 24.1 Å². The quantitative estimate of drug-likeness (QED) is 0.307. The number of aliphatic hydroxyl groups is 1. The molecule has 5 nitrogen and oxygen atoms in total. The molecule has 0 radical (unpaired) electrons. The first-order valence-corrected chi connectivity index (χ1v) is 13.8. The molecule has 3 atom stereocenters. The molecule has 4 aromatic rings. The van der Waals surface area contributed by atoms with Crippen molar-refractivity contribution in [1.82, 2.24) is 0 Å². The van der Waals surface area contributed by atoms with E-state index in [-0.39, 0.29) is 18.8 Å². The fraction of sp³-hybridized carbons (Fsp3) is 0.355. The number of thiophene rings is 1. The Kier molecular flexibility index (Phi) is 7.38. The van der Waals surface area contributed by atoms with Gasteiger partial charge in [0.05, 0.1) is 50.1 Å². The van der Waals surface area contributed by atoms with Gasteiger partial charge >= 0.3 is 0 Å². The number of benzene rings is 3. The molecule has 2 aliphatic rings. The van der Waals surface area contributed by atoms with Gasteiger partial charge in [-0.1, -0.05) is 78.9 Å². The van der Waals surface area contributed by atoms with Crippen molar-refractivity contribution in [3.8, 4) is 0 Å². The molecule has 1 N–H and O–H groups in total. The summed E-state index contributed by atoms with van der Waals surface area (Å²) in [6, 6.07) is 26.6. The van der Waals surface area contributed by atoms with Crippen molar-refractivity contribution in [3.63, 3.8) is 0 Å². The molecule has 3 heterocycles. The third-order valence-electron chi connectivity index (χ3n) is 7.23. The van der Waals surface area contributed by atoms with Crippen molar-refractivity contribution in [1.29, 1.82) is 0 Å². The summed E-state index contributed by atoms with van der Waals surface area (Å²) in [5.41, 5.74) is 4.51. The highest BCUT2D eigenvalue weighted by Gasteiger charge is 2.49. The molecule has 1 aromatic heterocycles. The number of hydrogen-bond acceptors (Lipinski definition) is 6. The number of aliphatic hydroxyl groups excluding tert-OH is 1. The third kappa shape index (κ3) is 5.23. The van der Waals surface area contributed by atoms with Crippen LogP contribution in [0, 0.1) is 0 Å². The van der Waals surface area contributed by atoms with E-state index in [2.05, 4.69) is 30.3 Å². The van der Waals surface area contributed by atoms with Gasteiger partial charge in [-0.15, -0.1) is 11.3 Å². The maximum Gasteiger partial charge on any atom is 0.207 e. The van der Waals surface area contributed by atoms with Crippen LogP contribution in [0.1, 0.15) is 40.0 Å². The van der Waals surface area contributed by atoms with Crippen molar-refractivity contribution < 1.29 is 24.1 Å². The summed E-state index contributed by atoms with van der Waals surface area (Å²) in [5.74, 6) is -0.871. The number of hydrogen-bond donors (Lipinski definition) is 1. The van der Waals surface area contributed by atoms with Crippen LogP contribution in [0.5, 0.6) is 0 Å². The predicted octanol–water partition coefficient (Wildman–Crippen LogP) is 6.10. The van der Waals surface area contributed by atoms with E-state index in [4.69, 9.17) is 18.9 Å². The summed E-state index contributed by atoms with van der Waals surface area (Å²) in [6.07, 6.45) is 2.01. The SMILES string of the molecule is OCc1cccc2c3c(sc12)C1(CC(OCc2ccccc2)CC(COCc2ccccc2)O1)OCC3. The van der Waals surface area contributed by atoms with Crippen molar-refractivity contribution in [2.75, 3.05) is 13.2 Å². The van der Waals surface area contributed by atoms with E-state index in [1.165, 1.54) is 10.9 Å². The lowest BCUT2D eigenvalue weighted by Gasteiger charge is -2.45. The molecule has 0 saturated carbocycles. The monoisotopic (exact) mass is 516 g/mol. The summed E-state index contributed by atoms with van der Waals surface area (Å²) >= 11 is 1.69. The van der Waals surface area contributed by atoms with Crippen LogP contribution in [0.15, 0.2) is 78.9 Å². The van der Waals surface area contributed by atoms with Gasteiger partial charge in [0, 0.05) is 17.5 Å². The topological polar surface area (TPSA) is 57.2 Å². The summed E-state index contributed by atoms with van der Waals surface area (Å²) in [7, 11) is 0. The van der Waals surface area contributed by atoms with Crippen molar-refractivity contribution in [2.45, 2.75) is 57.1 Å². The van der Waals surface area contributed by atoms with Crippen LogP contribution in [0.25, 0.3) is 10.1 Å². The molecule has 0 amide bonds. The largest absolute Gasteiger partial charge is 0.392 e. The van der Waals surface area contributed by atoms with E-state index in [1.54, 1.807) is 11.3 Å². The summed E-state index contributed by atoms with van der Waals surface area (Å²) in [5, 5.41) is 11.2. The summed E-state index contributed by atoms with van der Waals surface area (Å²) < 4.78 is 27.0. The van der Waals surface area contributed by atoms with E-state index in [9.17, 15) is 5.11 Å². The predicted molar refractivity (Wildman–Crippen MR) is 144 cm³/mol. The minimum Gasteiger partial charge on any atom is -0.392 e. The fourth-order valence-electron chi connectivity index (χ4n) is 5.47. The van der Waals surface area contributed by atoms with Crippen molar-refractivity contribution in [2.24, 2.45) is 0 Å². The van der Waals surface area contributed by atoms with Gasteiger partial charge in [0.25, 0.3) is 0 Å². The van der Waals surface area contributed by atoms with Crippen LogP contribution in [0.3, 0.4) is 0 Å². The van der Waals surface area contributed by atoms with Crippen LogP contribution in [0.2, 0.25) is 0 Å². The molecule has 6 heteroatoms. The standard InChI is InChI=1S/C31H32O5S/c32-18-24-12-7-13-27-28-14-15-35-31(30(28)37-29(24)27)17-25(34-20-23-10-5-2-6-11-23)16-26(36-31)21-33-19-22-8-3-1-4-9-22/h1-13,25-26,32H,14-21H2. The summed E-state index contributed by atoms with van der Waals surface area (Å²) in [4.78, 5) is 1.11. The van der Waals surface area contributed by atoms with Crippen LogP contribution < -0.4 is 0 Å². The Bertz CT molecular complexity index is 1320. The Balaban J connectivity index is 1.28. The Morgan fingerprint density at radius 1 is 0.919 bits per heavy atom. The molecule has 1 spiro atoms. The minimum atomic E-state index is -0.871. The normalized spacial score (nSPS) is 23.4. The average Bonchev–Trinajstić information content (AvgIpc) is 3.34.